The van der Waals surface area contributed by atoms with E-state index in [2.05, 4.69) is 20.8 Å². The summed E-state index contributed by atoms with van der Waals surface area (Å²) in [7, 11) is 0. The van der Waals surface area contributed by atoms with Crippen LogP contribution in [0.2, 0.25) is 0 Å². The van der Waals surface area contributed by atoms with Crippen LogP contribution in [0.25, 0.3) is 0 Å². The van der Waals surface area contributed by atoms with Crippen molar-refractivity contribution in [3.05, 3.63) is 0 Å². The van der Waals surface area contributed by atoms with Gasteiger partial charge < -0.3 is 24.1 Å². The van der Waals surface area contributed by atoms with Gasteiger partial charge in [0.25, 0.3) is 3.79 Å². The first-order valence-corrected chi connectivity index (χ1v) is 11.5. The Kier molecular flexibility index (Phi) is 12.2. The summed E-state index contributed by atoms with van der Waals surface area (Å²) in [5.74, 6) is -0.129. The van der Waals surface area contributed by atoms with Crippen molar-refractivity contribution in [2.24, 2.45) is 23.7 Å². The van der Waals surface area contributed by atoms with E-state index in [1.807, 2.05) is 20.8 Å². The normalized spacial score (nSPS) is 42.3. The number of ether oxygens (including phenoxy) is 4. The van der Waals surface area contributed by atoms with Gasteiger partial charge in [-0.1, -0.05) is 76.3 Å². The molecule has 0 spiro atoms. The van der Waals surface area contributed by atoms with Crippen LogP contribution in [0.3, 0.4) is 0 Å². The summed E-state index contributed by atoms with van der Waals surface area (Å²) in [6.07, 6.45) is -1.66. The Morgan fingerprint density at radius 1 is 0.900 bits per heavy atom. The van der Waals surface area contributed by atoms with E-state index in [1.54, 1.807) is 0 Å². The van der Waals surface area contributed by atoms with Crippen LogP contribution in [0.5, 0.6) is 0 Å². The second-order valence-electron chi connectivity index (χ2n) is 8.37. The van der Waals surface area contributed by atoms with Gasteiger partial charge in [0.05, 0.1) is 12.2 Å². The Bertz CT molecular complexity index is 565. The third kappa shape index (κ3) is 6.83. The van der Waals surface area contributed by atoms with E-state index in [9.17, 15) is 5.11 Å². The van der Waals surface area contributed by atoms with Gasteiger partial charge in [-0.15, -0.1) is 0 Å². The minimum Gasteiger partial charge on any atom is -0.445 e. The van der Waals surface area contributed by atoms with Crippen LogP contribution in [-0.4, -0.2) is 51.8 Å². The zero-order valence-corrected chi connectivity index (χ0v) is 25.5. The van der Waals surface area contributed by atoms with Gasteiger partial charge in [-0.2, -0.15) is 0 Å². The van der Waals surface area contributed by atoms with E-state index < -0.39 is 34.5 Å². The Labute approximate surface area is 231 Å². The Morgan fingerprint density at radius 2 is 1.37 bits per heavy atom. The van der Waals surface area contributed by atoms with Crippen molar-refractivity contribution in [1.29, 1.82) is 5.41 Å². The first-order valence-electron chi connectivity index (χ1n) is 10.4. The van der Waals surface area contributed by atoms with Crippen LogP contribution >= 0.6 is 34.8 Å². The molecular formula is C20H34AcCl3NO5. The van der Waals surface area contributed by atoms with E-state index in [0.29, 0.717) is 0 Å². The average molecular weight is 702 g/mol. The Hall–Kier alpha value is 1.62. The van der Waals surface area contributed by atoms with Gasteiger partial charge >= 0.3 is 0 Å². The number of nitrogens with one attached hydrogen (secondary N) is 1. The second kappa shape index (κ2) is 12.4. The fraction of sp³-hybridized carbons (Fsp3) is 0.950. The molecule has 6 nitrogen and oxygen atoms in total. The summed E-state index contributed by atoms with van der Waals surface area (Å²) in [6, 6.07) is 0. The fourth-order valence-electron chi connectivity index (χ4n) is 4.20. The summed E-state index contributed by atoms with van der Waals surface area (Å²) in [5.41, 5.74) is 0. The standard InChI is InChI=1S/C20H34Cl3NO5.Ac/c1-7-13-9(3)11(5)15(25)17(26-13)28-16-12(6)10(4)14(8-2)27-18(16)29-19(24)20(21,22)23;/h9-18,24-25H,7-8H2,1-6H3;/t9-,10-,11+,12+,13?,14?,15?,16?,17+,18+;/m1./s1. The maximum absolute atomic E-state index is 10.8. The van der Waals surface area contributed by atoms with E-state index in [0.717, 1.165) is 12.8 Å². The molecule has 1 radical (unpaired) electrons. The average Bonchev–Trinajstić information content (AvgIpc) is 2.66. The molecule has 2 rings (SSSR count). The van der Waals surface area contributed by atoms with Gasteiger partial charge in [-0.05, 0) is 36.5 Å². The third-order valence-corrected chi connectivity index (χ3v) is 7.16. The molecule has 0 amide bonds. The molecule has 0 bridgehead atoms. The number of hydrogen-bond acceptors (Lipinski definition) is 6. The Morgan fingerprint density at radius 3 is 1.83 bits per heavy atom. The molecule has 0 aromatic heterocycles. The molecule has 10 heteroatoms. The summed E-state index contributed by atoms with van der Waals surface area (Å²) < 4.78 is 22.0. The molecule has 10 atom stereocenters. The second-order valence-corrected chi connectivity index (χ2v) is 10.7. The Balaban J connectivity index is 0.00000450. The number of rotatable bonds is 5. The smallest absolute Gasteiger partial charge is 0.265 e. The molecule has 0 saturated carbocycles. The van der Waals surface area contributed by atoms with Crippen molar-refractivity contribution < 1.29 is 68.1 Å². The quantitative estimate of drug-likeness (QED) is 0.242. The number of alkyl halides is 3. The van der Waals surface area contributed by atoms with E-state index in [4.69, 9.17) is 59.2 Å². The number of aliphatic hydroxyl groups excluding tert-OH is 1. The van der Waals surface area contributed by atoms with Crippen LogP contribution in [0.4, 0.5) is 0 Å². The topological polar surface area (TPSA) is 81.0 Å². The molecule has 0 aromatic rings. The van der Waals surface area contributed by atoms with E-state index in [-0.39, 0.29) is 79.9 Å². The minimum absolute atomic E-state index is 0. The van der Waals surface area contributed by atoms with Crippen molar-refractivity contribution in [3.8, 4) is 0 Å². The van der Waals surface area contributed by atoms with Gasteiger partial charge in [0.2, 0.25) is 12.2 Å². The summed E-state index contributed by atoms with van der Waals surface area (Å²) in [6.45, 7) is 12.3. The maximum atomic E-state index is 10.8. The molecule has 2 fully saturated rings. The van der Waals surface area contributed by atoms with E-state index in [1.165, 1.54) is 0 Å². The largest absolute Gasteiger partial charge is 0.445 e. The van der Waals surface area contributed by atoms with Crippen molar-refractivity contribution in [2.45, 2.75) is 95.2 Å². The molecule has 2 aliphatic heterocycles. The zero-order chi connectivity index (χ0) is 22.1. The van der Waals surface area contributed by atoms with Crippen LogP contribution in [0.15, 0.2) is 0 Å². The van der Waals surface area contributed by atoms with Crippen LogP contribution in [-0.2, 0) is 18.9 Å². The summed E-state index contributed by atoms with van der Waals surface area (Å²) >= 11 is 17.4. The maximum Gasteiger partial charge on any atom is 0.265 e. The fourth-order valence-corrected chi connectivity index (χ4v) is 4.34. The van der Waals surface area contributed by atoms with Crippen molar-refractivity contribution >= 4 is 40.7 Å². The molecule has 30 heavy (non-hydrogen) atoms. The molecule has 2 heterocycles. The third-order valence-electron chi connectivity index (χ3n) is 6.64. The van der Waals surface area contributed by atoms with Gasteiger partial charge in [-0.25, -0.2) is 0 Å². The number of aliphatic hydroxyl groups is 1. The molecule has 0 aliphatic carbocycles. The molecule has 2 aliphatic rings. The van der Waals surface area contributed by atoms with Crippen molar-refractivity contribution in [1.82, 2.24) is 0 Å². The molecule has 173 valence electrons. The van der Waals surface area contributed by atoms with Gasteiger partial charge in [0, 0.05) is 44.1 Å². The minimum atomic E-state index is -2.00. The van der Waals surface area contributed by atoms with E-state index >= 15 is 0 Å². The van der Waals surface area contributed by atoms with Crippen LogP contribution in [0.1, 0.15) is 54.4 Å². The van der Waals surface area contributed by atoms with Crippen LogP contribution < -0.4 is 0 Å². The zero-order valence-electron chi connectivity index (χ0n) is 18.5. The monoisotopic (exact) mass is 700 g/mol. The number of hydrogen-bond donors (Lipinski definition) is 2. The molecule has 4 unspecified atom stereocenters. The predicted molar refractivity (Wildman–Crippen MR) is 115 cm³/mol. The van der Waals surface area contributed by atoms with Crippen LogP contribution in [0, 0.1) is 73.1 Å². The van der Waals surface area contributed by atoms with Gasteiger partial charge in [-0.3, -0.25) is 5.41 Å². The summed E-state index contributed by atoms with van der Waals surface area (Å²) in [4.78, 5) is 0. The number of halogens is 3. The van der Waals surface area contributed by atoms with Crippen molar-refractivity contribution in [3.63, 3.8) is 0 Å². The molecular weight excluding hydrogens is 668 g/mol. The predicted octanol–water partition coefficient (Wildman–Crippen LogP) is 4.91. The molecule has 2 N–H and O–H groups in total. The van der Waals surface area contributed by atoms with Gasteiger partial charge in [0.15, 0.2) is 6.29 Å². The first-order chi connectivity index (χ1) is 13.4. The first kappa shape index (κ1) is 29.7. The molecule has 2 saturated heterocycles. The van der Waals surface area contributed by atoms with Crippen molar-refractivity contribution in [2.75, 3.05) is 0 Å². The summed E-state index contributed by atoms with van der Waals surface area (Å²) in [5, 5.41) is 18.7. The SMILES string of the molecule is CCC1O[C@@H](OC2[C@H](OC(=N)C(Cl)(Cl)Cl)OC(CC)[C@H](C)[C@@H]2C)C(O)[C@@H](C)[C@H]1C.[Ac]. The van der Waals surface area contributed by atoms with Gasteiger partial charge in [0.1, 0.15) is 12.2 Å². The molecule has 0 aromatic carbocycles.